The van der Waals surface area contributed by atoms with Gasteiger partial charge in [0.2, 0.25) is 0 Å². The highest BCUT2D eigenvalue weighted by molar-refractivity contribution is 6.03. The van der Waals surface area contributed by atoms with Crippen molar-refractivity contribution in [2.45, 2.75) is 20.8 Å². The summed E-state index contributed by atoms with van der Waals surface area (Å²) < 4.78 is 5.51. The van der Waals surface area contributed by atoms with Crippen LogP contribution < -0.4 is 15.4 Å². The molecule has 0 saturated carbocycles. The van der Waals surface area contributed by atoms with Crippen LogP contribution in [0.25, 0.3) is 0 Å². The number of ether oxygens (including phenoxy) is 1. The first-order chi connectivity index (χ1) is 11.5. The molecule has 24 heavy (non-hydrogen) atoms. The average Bonchev–Trinajstić information content (AvgIpc) is 2.56. The Morgan fingerprint density at radius 1 is 1.04 bits per heavy atom. The predicted octanol–water partition coefficient (Wildman–Crippen LogP) is 3.07. The maximum atomic E-state index is 12.1. The predicted molar refractivity (Wildman–Crippen MR) is 94.5 cm³/mol. The Kier molecular flexibility index (Phi) is 5.95. The molecule has 2 N–H and O–H groups in total. The van der Waals surface area contributed by atoms with E-state index in [1.807, 2.05) is 39.0 Å². The first-order valence-corrected chi connectivity index (χ1v) is 7.88. The summed E-state index contributed by atoms with van der Waals surface area (Å²) in [7, 11) is 0. The number of amides is 2. The fourth-order valence-electron chi connectivity index (χ4n) is 2.18. The van der Waals surface area contributed by atoms with Crippen molar-refractivity contribution in [2.75, 3.05) is 18.5 Å². The molecular formula is C19H22N2O3. The topological polar surface area (TPSA) is 67.4 Å². The van der Waals surface area contributed by atoms with E-state index in [2.05, 4.69) is 10.6 Å². The number of hydrogen-bond acceptors (Lipinski definition) is 3. The third-order valence-electron chi connectivity index (χ3n) is 3.63. The lowest BCUT2D eigenvalue weighted by atomic mass is 10.1. The second-order valence-electron chi connectivity index (χ2n) is 5.49. The average molecular weight is 326 g/mol. The Labute approximate surface area is 142 Å². The molecule has 0 aromatic heterocycles. The number of rotatable bonds is 6. The monoisotopic (exact) mass is 326 g/mol. The minimum absolute atomic E-state index is 0.119. The number of carbonyl (C=O) groups excluding carboxylic acids is 2. The van der Waals surface area contributed by atoms with Crippen molar-refractivity contribution >= 4 is 17.5 Å². The van der Waals surface area contributed by atoms with Gasteiger partial charge < -0.3 is 15.4 Å². The molecule has 0 radical (unpaired) electrons. The zero-order chi connectivity index (χ0) is 17.5. The van der Waals surface area contributed by atoms with Gasteiger partial charge in [0.05, 0.1) is 11.3 Å². The summed E-state index contributed by atoms with van der Waals surface area (Å²) in [4.78, 5) is 24.1. The number of nitrogens with one attached hydrogen (secondary N) is 2. The molecule has 0 spiro atoms. The first-order valence-electron chi connectivity index (χ1n) is 7.88. The van der Waals surface area contributed by atoms with Crippen LogP contribution in [0.4, 0.5) is 5.69 Å². The van der Waals surface area contributed by atoms with E-state index in [1.54, 1.807) is 24.3 Å². The quantitative estimate of drug-likeness (QED) is 0.857. The smallest absolute Gasteiger partial charge is 0.262 e. The lowest BCUT2D eigenvalue weighted by Gasteiger charge is -2.12. The standard InChI is InChI=1S/C19H22N2O3/c1-4-20-19(23)16-7-5-6-8-17(16)21-18(22)12-24-15-10-9-13(2)14(3)11-15/h5-11H,4,12H2,1-3H3,(H,20,23)(H,21,22). The van der Waals surface area contributed by atoms with Gasteiger partial charge in [0, 0.05) is 6.54 Å². The molecule has 0 atom stereocenters. The van der Waals surface area contributed by atoms with Gasteiger partial charge >= 0.3 is 0 Å². The minimum atomic E-state index is -0.315. The number of para-hydroxylation sites is 1. The molecule has 2 aromatic rings. The molecule has 0 bridgehead atoms. The van der Waals surface area contributed by atoms with Crippen LogP contribution in [0.15, 0.2) is 42.5 Å². The molecule has 2 rings (SSSR count). The van der Waals surface area contributed by atoms with Crippen LogP contribution in [-0.4, -0.2) is 25.0 Å². The van der Waals surface area contributed by atoms with Crippen molar-refractivity contribution in [1.82, 2.24) is 5.32 Å². The van der Waals surface area contributed by atoms with Crippen molar-refractivity contribution in [3.8, 4) is 5.75 Å². The van der Waals surface area contributed by atoms with Gasteiger partial charge in [-0.15, -0.1) is 0 Å². The van der Waals surface area contributed by atoms with E-state index in [9.17, 15) is 9.59 Å². The normalized spacial score (nSPS) is 10.1. The summed E-state index contributed by atoms with van der Waals surface area (Å²) in [5.41, 5.74) is 3.17. The van der Waals surface area contributed by atoms with Crippen LogP contribution in [0.2, 0.25) is 0 Å². The highest BCUT2D eigenvalue weighted by Gasteiger charge is 2.12. The van der Waals surface area contributed by atoms with Crippen LogP contribution >= 0.6 is 0 Å². The molecule has 0 saturated heterocycles. The Morgan fingerprint density at radius 2 is 1.79 bits per heavy atom. The number of carbonyl (C=O) groups is 2. The van der Waals surface area contributed by atoms with Crippen molar-refractivity contribution in [3.05, 3.63) is 59.2 Å². The zero-order valence-corrected chi connectivity index (χ0v) is 14.2. The summed E-state index contributed by atoms with van der Waals surface area (Å²) in [5, 5.41) is 5.44. The van der Waals surface area contributed by atoms with Gasteiger partial charge in [0.25, 0.3) is 11.8 Å². The number of hydrogen-bond donors (Lipinski definition) is 2. The fourth-order valence-corrected chi connectivity index (χ4v) is 2.18. The van der Waals surface area contributed by atoms with E-state index in [0.29, 0.717) is 23.5 Å². The summed E-state index contributed by atoms with van der Waals surface area (Å²) in [6.45, 7) is 6.26. The van der Waals surface area contributed by atoms with Crippen LogP contribution in [0.3, 0.4) is 0 Å². The van der Waals surface area contributed by atoms with Crippen molar-refractivity contribution in [3.63, 3.8) is 0 Å². The summed E-state index contributed by atoms with van der Waals surface area (Å²) in [6.07, 6.45) is 0. The molecule has 5 nitrogen and oxygen atoms in total. The van der Waals surface area contributed by atoms with Crippen LogP contribution in [0.1, 0.15) is 28.4 Å². The van der Waals surface area contributed by atoms with Crippen LogP contribution in [0, 0.1) is 13.8 Å². The number of aryl methyl sites for hydroxylation is 2. The van der Waals surface area contributed by atoms with Gasteiger partial charge in [-0.1, -0.05) is 18.2 Å². The molecule has 0 unspecified atom stereocenters. The molecule has 0 fully saturated rings. The van der Waals surface area contributed by atoms with Gasteiger partial charge in [-0.25, -0.2) is 0 Å². The molecule has 2 amide bonds. The van der Waals surface area contributed by atoms with E-state index in [4.69, 9.17) is 4.74 Å². The molecule has 5 heteroatoms. The lowest BCUT2D eigenvalue weighted by Crippen LogP contribution is -2.26. The zero-order valence-electron chi connectivity index (χ0n) is 14.2. The first kappa shape index (κ1) is 17.5. The second-order valence-corrected chi connectivity index (χ2v) is 5.49. The molecule has 2 aromatic carbocycles. The SMILES string of the molecule is CCNC(=O)c1ccccc1NC(=O)COc1ccc(C)c(C)c1. The Balaban J connectivity index is 1.99. The molecule has 0 heterocycles. The van der Waals surface area contributed by atoms with Gasteiger partial charge in [-0.05, 0) is 56.2 Å². The minimum Gasteiger partial charge on any atom is -0.484 e. The van der Waals surface area contributed by atoms with E-state index in [-0.39, 0.29) is 18.4 Å². The molecule has 0 aliphatic heterocycles. The van der Waals surface area contributed by atoms with Crippen LogP contribution in [-0.2, 0) is 4.79 Å². The highest BCUT2D eigenvalue weighted by Crippen LogP contribution is 2.17. The van der Waals surface area contributed by atoms with Crippen molar-refractivity contribution in [2.24, 2.45) is 0 Å². The van der Waals surface area contributed by atoms with Gasteiger partial charge in [-0.3, -0.25) is 9.59 Å². The van der Waals surface area contributed by atoms with Gasteiger partial charge in [0.15, 0.2) is 6.61 Å². The maximum absolute atomic E-state index is 12.1. The fraction of sp³-hybridized carbons (Fsp3) is 0.263. The molecule has 126 valence electrons. The second kappa shape index (κ2) is 8.15. The Bertz CT molecular complexity index is 741. The van der Waals surface area contributed by atoms with Gasteiger partial charge in [0.1, 0.15) is 5.75 Å². The third-order valence-corrected chi connectivity index (χ3v) is 3.63. The largest absolute Gasteiger partial charge is 0.484 e. The van der Waals surface area contributed by atoms with E-state index >= 15 is 0 Å². The molecular weight excluding hydrogens is 304 g/mol. The summed E-state index contributed by atoms with van der Waals surface area (Å²) in [6, 6.07) is 12.6. The third kappa shape index (κ3) is 4.59. The summed E-state index contributed by atoms with van der Waals surface area (Å²) >= 11 is 0. The van der Waals surface area contributed by atoms with Crippen molar-refractivity contribution < 1.29 is 14.3 Å². The van der Waals surface area contributed by atoms with E-state index in [0.717, 1.165) is 5.56 Å². The van der Waals surface area contributed by atoms with E-state index < -0.39 is 0 Å². The van der Waals surface area contributed by atoms with Gasteiger partial charge in [-0.2, -0.15) is 0 Å². The summed E-state index contributed by atoms with van der Waals surface area (Å²) in [5.74, 6) is 0.110. The number of benzene rings is 2. The number of anilines is 1. The molecule has 0 aliphatic carbocycles. The van der Waals surface area contributed by atoms with Crippen molar-refractivity contribution in [1.29, 1.82) is 0 Å². The Hall–Kier alpha value is -2.82. The maximum Gasteiger partial charge on any atom is 0.262 e. The lowest BCUT2D eigenvalue weighted by molar-refractivity contribution is -0.118. The van der Waals surface area contributed by atoms with E-state index in [1.165, 1.54) is 5.56 Å². The van der Waals surface area contributed by atoms with Crippen LogP contribution in [0.5, 0.6) is 5.75 Å². The Morgan fingerprint density at radius 3 is 2.50 bits per heavy atom. The highest BCUT2D eigenvalue weighted by atomic mass is 16.5. The molecule has 0 aliphatic rings.